The SMILES string of the molecule is CCC(C#N)CCCC(=O)OC(=O)OC(=O)CCC(S)(S)C(S)(C#N)CC. The molecule has 0 bridgehead atoms. The molecule has 27 heavy (non-hydrogen) atoms. The van der Waals surface area contributed by atoms with Gasteiger partial charge in [0.1, 0.15) is 4.75 Å². The molecule has 10 heteroatoms. The van der Waals surface area contributed by atoms with Crippen LogP contribution < -0.4 is 0 Å². The van der Waals surface area contributed by atoms with Gasteiger partial charge < -0.3 is 9.47 Å². The number of ether oxygens (including phenoxy) is 2. The van der Waals surface area contributed by atoms with Gasteiger partial charge in [-0.15, -0.1) is 0 Å². The second kappa shape index (κ2) is 12.2. The Morgan fingerprint density at radius 2 is 1.59 bits per heavy atom. The van der Waals surface area contributed by atoms with Crippen LogP contribution in [-0.4, -0.2) is 26.9 Å². The molecule has 0 aromatic heterocycles. The molecule has 0 radical (unpaired) electrons. The minimum absolute atomic E-state index is 0.0107. The summed E-state index contributed by atoms with van der Waals surface area (Å²) in [6.45, 7) is 3.60. The fraction of sp³-hybridized carbons (Fsp3) is 0.706. The van der Waals surface area contributed by atoms with Crippen molar-refractivity contribution >= 4 is 56.0 Å². The van der Waals surface area contributed by atoms with E-state index >= 15 is 0 Å². The molecular weight excluding hydrogens is 408 g/mol. The molecule has 0 aliphatic carbocycles. The van der Waals surface area contributed by atoms with E-state index in [0.717, 1.165) is 0 Å². The topological polar surface area (TPSA) is 117 Å². The third kappa shape index (κ3) is 8.91. The maximum Gasteiger partial charge on any atom is 0.524 e. The van der Waals surface area contributed by atoms with Crippen LogP contribution in [0.2, 0.25) is 0 Å². The van der Waals surface area contributed by atoms with Gasteiger partial charge in [-0.2, -0.15) is 48.4 Å². The van der Waals surface area contributed by atoms with Gasteiger partial charge in [-0.1, -0.05) is 13.8 Å². The predicted molar refractivity (Wildman–Crippen MR) is 108 cm³/mol. The minimum atomic E-state index is -1.41. The molecule has 150 valence electrons. The van der Waals surface area contributed by atoms with Crippen LogP contribution >= 0.6 is 37.9 Å². The van der Waals surface area contributed by atoms with Crippen LogP contribution in [0.4, 0.5) is 4.79 Å². The van der Waals surface area contributed by atoms with Gasteiger partial charge in [0.2, 0.25) is 0 Å². The van der Waals surface area contributed by atoms with Crippen LogP contribution in [0, 0.1) is 28.6 Å². The molecule has 2 atom stereocenters. The van der Waals surface area contributed by atoms with Crippen LogP contribution in [0.3, 0.4) is 0 Å². The highest BCUT2D eigenvalue weighted by Crippen LogP contribution is 2.43. The molecule has 0 spiro atoms. The number of thiol groups is 3. The van der Waals surface area contributed by atoms with Gasteiger partial charge >= 0.3 is 18.1 Å². The van der Waals surface area contributed by atoms with Gasteiger partial charge in [0, 0.05) is 18.8 Å². The molecule has 0 aliphatic rings. The second-order valence-corrected chi connectivity index (χ2v) is 8.61. The number of rotatable bonds is 10. The van der Waals surface area contributed by atoms with Crippen molar-refractivity contribution in [2.75, 3.05) is 0 Å². The summed E-state index contributed by atoms with van der Waals surface area (Å²) in [7, 11) is 0. The van der Waals surface area contributed by atoms with Crippen molar-refractivity contribution in [3.05, 3.63) is 0 Å². The van der Waals surface area contributed by atoms with Crippen LogP contribution in [0.15, 0.2) is 0 Å². The van der Waals surface area contributed by atoms with E-state index in [9.17, 15) is 19.6 Å². The highest BCUT2D eigenvalue weighted by Gasteiger charge is 2.43. The summed E-state index contributed by atoms with van der Waals surface area (Å²) in [4.78, 5) is 34.7. The van der Waals surface area contributed by atoms with Crippen molar-refractivity contribution in [3.63, 3.8) is 0 Å². The predicted octanol–water partition coefficient (Wildman–Crippen LogP) is 3.85. The van der Waals surface area contributed by atoms with Crippen molar-refractivity contribution in [3.8, 4) is 12.1 Å². The first-order valence-corrected chi connectivity index (χ1v) is 9.82. The Bertz CT molecular complexity index is 627. The zero-order chi connectivity index (χ0) is 21.1. The zero-order valence-corrected chi connectivity index (χ0v) is 18.0. The molecule has 0 aromatic rings. The normalized spacial score (nSPS) is 14.2. The quantitative estimate of drug-likeness (QED) is 0.208. The molecular formula is C17H24N2O5S3. The van der Waals surface area contributed by atoms with Gasteiger partial charge in [0.25, 0.3) is 0 Å². The lowest BCUT2D eigenvalue weighted by molar-refractivity contribution is -0.146. The van der Waals surface area contributed by atoms with Crippen molar-refractivity contribution < 1.29 is 23.9 Å². The highest BCUT2D eigenvalue weighted by molar-refractivity contribution is 8.02. The maximum atomic E-state index is 11.7. The van der Waals surface area contributed by atoms with E-state index in [-0.39, 0.29) is 25.2 Å². The molecule has 0 saturated heterocycles. The number of nitriles is 2. The Balaban J connectivity index is 4.33. The molecule has 0 N–H and O–H groups in total. The average Bonchev–Trinajstić information content (AvgIpc) is 2.62. The third-order valence-electron chi connectivity index (χ3n) is 4.04. The van der Waals surface area contributed by atoms with E-state index in [1.807, 2.05) is 13.0 Å². The van der Waals surface area contributed by atoms with Gasteiger partial charge in [-0.25, -0.2) is 4.79 Å². The van der Waals surface area contributed by atoms with Crippen LogP contribution in [0.1, 0.15) is 58.8 Å². The zero-order valence-electron chi connectivity index (χ0n) is 15.3. The highest BCUT2D eigenvalue weighted by atomic mass is 32.2. The number of hydrogen-bond donors (Lipinski definition) is 3. The fourth-order valence-electron chi connectivity index (χ4n) is 2.10. The Labute approximate surface area is 176 Å². The molecule has 0 fully saturated rings. The Kier molecular flexibility index (Phi) is 11.6. The van der Waals surface area contributed by atoms with E-state index in [1.54, 1.807) is 6.92 Å². The monoisotopic (exact) mass is 432 g/mol. The molecule has 0 rings (SSSR count). The van der Waals surface area contributed by atoms with E-state index in [0.29, 0.717) is 25.7 Å². The number of carbonyl (C=O) groups excluding carboxylic acids is 3. The first-order chi connectivity index (χ1) is 12.5. The number of esters is 2. The maximum absolute atomic E-state index is 11.7. The Morgan fingerprint density at radius 1 is 1.04 bits per heavy atom. The van der Waals surface area contributed by atoms with Gasteiger partial charge in [0.05, 0.1) is 16.2 Å². The number of carbonyl (C=O) groups is 3. The second-order valence-electron chi connectivity index (χ2n) is 5.97. The molecule has 2 unspecified atom stereocenters. The summed E-state index contributed by atoms with van der Waals surface area (Å²) in [5.41, 5.74) is 0. The summed E-state index contributed by atoms with van der Waals surface area (Å²) in [6, 6.07) is 4.11. The first-order valence-electron chi connectivity index (χ1n) is 8.48. The summed E-state index contributed by atoms with van der Waals surface area (Å²) >= 11 is 12.8. The average molecular weight is 433 g/mol. The van der Waals surface area contributed by atoms with E-state index in [4.69, 9.17) is 5.26 Å². The van der Waals surface area contributed by atoms with Crippen molar-refractivity contribution in [2.24, 2.45) is 5.92 Å². The van der Waals surface area contributed by atoms with Gasteiger partial charge in [-0.05, 0) is 32.1 Å². The van der Waals surface area contributed by atoms with Crippen LogP contribution in [0.5, 0.6) is 0 Å². The third-order valence-corrected chi connectivity index (χ3v) is 6.40. The van der Waals surface area contributed by atoms with Gasteiger partial charge in [-0.3, -0.25) is 9.59 Å². The Hall–Kier alpha value is -1.36. The summed E-state index contributed by atoms with van der Waals surface area (Å²) in [5, 5.41) is 18.0. The molecule has 0 aromatic carbocycles. The first kappa shape index (κ1) is 25.6. The summed E-state index contributed by atoms with van der Waals surface area (Å²) in [6.07, 6.45) is 0.213. The minimum Gasteiger partial charge on any atom is -0.360 e. The molecule has 0 heterocycles. The smallest absolute Gasteiger partial charge is 0.360 e. The molecule has 0 aliphatic heterocycles. The van der Waals surface area contributed by atoms with Gasteiger partial charge in [0.15, 0.2) is 0 Å². The fourth-order valence-corrected chi connectivity index (χ4v) is 2.85. The number of nitrogens with zero attached hydrogens (tertiary/aromatic N) is 2. The standard InChI is InChI=1S/C17H24N2O5S3/c1-3-12(10-18)6-5-7-13(20)23-15(22)24-14(21)8-9-17(26,27)16(25,4-2)11-19/h12,25-27H,3-9H2,1-2H3. The van der Waals surface area contributed by atoms with Crippen LogP contribution in [0.25, 0.3) is 0 Å². The summed E-state index contributed by atoms with van der Waals surface area (Å²) < 4.78 is 6.44. The lowest BCUT2D eigenvalue weighted by Crippen LogP contribution is -2.40. The molecule has 7 nitrogen and oxygen atoms in total. The van der Waals surface area contributed by atoms with Crippen molar-refractivity contribution in [1.82, 2.24) is 0 Å². The van der Waals surface area contributed by atoms with Crippen LogP contribution in [-0.2, 0) is 19.1 Å². The number of hydrogen-bond acceptors (Lipinski definition) is 10. The van der Waals surface area contributed by atoms with Crippen molar-refractivity contribution in [2.45, 2.75) is 67.6 Å². The Morgan fingerprint density at radius 3 is 2.04 bits per heavy atom. The van der Waals surface area contributed by atoms with E-state index < -0.39 is 26.9 Å². The molecule has 0 amide bonds. The van der Waals surface area contributed by atoms with E-state index in [2.05, 4.69) is 53.4 Å². The van der Waals surface area contributed by atoms with Crippen molar-refractivity contribution in [1.29, 1.82) is 10.5 Å². The van der Waals surface area contributed by atoms with E-state index in [1.165, 1.54) is 0 Å². The lowest BCUT2D eigenvalue weighted by Gasteiger charge is -2.35. The largest absolute Gasteiger partial charge is 0.524 e. The molecule has 0 saturated carbocycles. The summed E-state index contributed by atoms with van der Waals surface area (Å²) in [5.74, 6) is -1.91. The lowest BCUT2D eigenvalue weighted by atomic mass is 9.98.